The van der Waals surface area contributed by atoms with Gasteiger partial charge < -0.3 is 15.1 Å². The number of nitrogens with zero attached hydrogens (tertiary/aromatic N) is 3. The minimum atomic E-state index is -3.11. The Hall–Kier alpha value is -3.38. The number of piperidine rings is 1. The summed E-state index contributed by atoms with van der Waals surface area (Å²) in [5, 5.41) is 11.9. The molecule has 2 fully saturated rings. The summed E-state index contributed by atoms with van der Waals surface area (Å²) in [5.74, 6) is 0.390. The maximum absolute atomic E-state index is 13.3. The van der Waals surface area contributed by atoms with Crippen LogP contribution in [-0.2, 0) is 9.84 Å². The molecular formula is C28H34N4O4S. The molecule has 1 atom stereocenters. The lowest BCUT2D eigenvalue weighted by molar-refractivity contribution is 0.0713. The molecule has 2 aliphatic heterocycles. The normalized spacial score (nSPS) is 19.3. The zero-order chi connectivity index (χ0) is 26.6. The second-order valence-corrected chi connectivity index (χ2v) is 12.2. The van der Waals surface area contributed by atoms with Gasteiger partial charge in [-0.3, -0.25) is 4.79 Å². The molecule has 0 aromatic heterocycles. The molecule has 2 aliphatic rings. The van der Waals surface area contributed by atoms with Crippen molar-refractivity contribution in [2.75, 3.05) is 36.5 Å². The van der Waals surface area contributed by atoms with Crippen molar-refractivity contribution >= 4 is 27.5 Å². The maximum atomic E-state index is 13.3. The number of likely N-dealkylation sites (tertiary alicyclic amines) is 1. The summed E-state index contributed by atoms with van der Waals surface area (Å²) >= 11 is 0. The van der Waals surface area contributed by atoms with Crippen LogP contribution in [0, 0.1) is 18.3 Å². The molecular weight excluding hydrogens is 488 g/mol. The Balaban J connectivity index is 1.41. The Kier molecular flexibility index (Phi) is 8.18. The van der Waals surface area contributed by atoms with Crippen LogP contribution in [0.5, 0.6) is 0 Å². The standard InChI is InChI=1S/C28H34N4O4S/c1-3-13-32(25-12-16-37(35,36)19-25)28(34)30-26-17-24(7-4-20(26)2)27(33)31-14-10-23(11-15-31)22-8-5-21(18-29)6-9-22/h4-9,17,23,25H,3,10-16,19H2,1-2H3,(H,30,34). The first-order valence-corrected chi connectivity index (χ1v) is 14.7. The second-order valence-electron chi connectivity index (χ2n) is 10.0. The second kappa shape index (κ2) is 11.3. The third-order valence-corrected chi connectivity index (χ3v) is 9.14. The topological polar surface area (TPSA) is 111 Å². The number of urea groups is 1. The number of benzene rings is 2. The molecule has 196 valence electrons. The van der Waals surface area contributed by atoms with Crippen LogP contribution in [0.1, 0.15) is 65.6 Å². The predicted molar refractivity (Wildman–Crippen MR) is 143 cm³/mol. The van der Waals surface area contributed by atoms with Gasteiger partial charge in [0.2, 0.25) is 0 Å². The van der Waals surface area contributed by atoms with Crippen molar-refractivity contribution in [3.8, 4) is 6.07 Å². The van der Waals surface area contributed by atoms with E-state index in [9.17, 15) is 18.0 Å². The minimum absolute atomic E-state index is 0.00362. The third kappa shape index (κ3) is 6.31. The van der Waals surface area contributed by atoms with E-state index in [4.69, 9.17) is 5.26 Å². The number of hydrogen-bond donors (Lipinski definition) is 1. The summed E-state index contributed by atoms with van der Waals surface area (Å²) < 4.78 is 23.9. The van der Waals surface area contributed by atoms with Gasteiger partial charge in [-0.25, -0.2) is 13.2 Å². The Labute approximate surface area is 219 Å². The fourth-order valence-electron chi connectivity index (χ4n) is 5.22. The Bertz CT molecular complexity index is 1290. The number of nitrogens with one attached hydrogen (secondary N) is 1. The average Bonchev–Trinajstić information content (AvgIpc) is 3.27. The van der Waals surface area contributed by atoms with Gasteiger partial charge in [-0.1, -0.05) is 25.1 Å². The number of carbonyl (C=O) groups excluding carboxylic acids is 2. The molecule has 0 radical (unpaired) electrons. The molecule has 3 amide bonds. The van der Waals surface area contributed by atoms with Gasteiger partial charge >= 0.3 is 6.03 Å². The number of hydrogen-bond acceptors (Lipinski definition) is 5. The van der Waals surface area contributed by atoms with E-state index in [1.165, 1.54) is 5.56 Å². The van der Waals surface area contributed by atoms with Gasteiger partial charge in [-0.05, 0) is 73.9 Å². The Morgan fingerprint density at radius 2 is 1.81 bits per heavy atom. The maximum Gasteiger partial charge on any atom is 0.322 e. The van der Waals surface area contributed by atoms with Gasteiger partial charge in [0.05, 0.1) is 23.1 Å². The van der Waals surface area contributed by atoms with Crippen molar-refractivity contribution < 1.29 is 18.0 Å². The third-order valence-electron chi connectivity index (χ3n) is 7.39. The molecule has 0 saturated carbocycles. The highest BCUT2D eigenvalue weighted by atomic mass is 32.2. The first-order chi connectivity index (χ1) is 17.7. The van der Waals surface area contributed by atoms with E-state index < -0.39 is 9.84 Å². The van der Waals surface area contributed by atoms with E-state index in [0.717, 1.165) is 24.8 Å². The van der Waals surface area contributed by atoms with Crippen molar-refractivity contribution in [3.05, 3.63) is 64.7 Å². The minimum Gasteiger partial charge on any atom is -0.339 e. The fourth-order valence-corrected chi connectivity index (χ4v) is 6.95. The summed E-state index contributed by atoms with van der Waals surface area (Å²) in [6.07, 6.45) is 2.87. The van der Waals surface area contributed by atoms with Gasteiger partial charge in [0.1, 0.15) is 0 Å². The van der Waals surface area contributed by atoms with Crippen LogP contribution in [0.4, 0.5) is 10.5 Å². The van der Waals surface area contributed by atoms with Crippen molar-refractivity contribution in [1.29, 1.82) is 5.26 Å². The van der Waals surface area contributed by atoms with E-state index in [1.54, 1.807) is 17.0 Å². The highest BCUT2D eigenvalue weighted by Gasteiger charge is 2.34. The summed E-state index contributed by atoms with van der Waals surface area (Å²) in [7, 11) is -3.11. The number of nitriles is 1. The smallest absolute Gasteiger partial charge is 0.322 e. The average molecular weight is 523 g/mol. The van der Waals surface area contributed by atoms with E-state index in [-0.39, 0.29) is 29.5 Å². The van der Waals surface area contributed by atoms with E-state index >= 15 is 0 Å². The van der Waals surface area contributed by atoms with Crippen LogP contribution in [-0.4, -0.2) is 67.3 Å². The monoisotopic (exact) mass is 522 g/mol. The summed E-state index contributed by atoms with van der Waals surface area (Å²) in [5.41, 5.74) is 3.75. The van der Waals surface area contributed by atoms with Crippen LogP contribution in [0.2, 0.25) is 0 Å². The van der Waals surface area contributed by atoms with Crippen LogP contribution >= 0.6 is 0 Å². The molecule has 0 spiro atoms. The van der Waals surface area contributed by atoms with Crippen LogP contribution in [0.25, 0.3) is 0 Å². The van der Waals surface area contributed by atoms with E-state index in [0.29, 0.717) is 48.8 Å². The zero-order valence-corrected chi connectivity index (χ0v) is 22.3. The largest absolute Gasteiger partial charge is 0.339 e. The quantitative estimate of drug-likeness (QED) is 0.608. The number of amides is 3. The predicted octanol–water partition coefficient (Wildman–Crippen LogP) is 4.32. The van der Waals surface area contributed by atoms with Crippen molar-refractivity contribution in [3.63, 3.8) is 0 Å². The molecule has 2 aromatic rings. The molecule has 4 rings (SSSR count). The fraction of sp³-hybridized carbons (Fsp3) is 0.464. The Morgan fingerprint density at radius 3 is 2.41 bits per heavy atom. The van der Waals surface area contributed by atoms with Gasteiger partial charge in [0.15, 0.2) is 9.84 Å². The molecule has 9 heteroatoms. The van der Waals surface area contributed by atoms with Crippen LogP contribution < -0.4 is 5.32 Å². The molecule has 37 heavy (non-hydrogen) atoms. The summed E-state index contributed by atoms with van der Waals surface area (Å²) in [6, 6.07) is 14.5. The van der Waals surface area contributed by atoms with E-state index in [1.807, 2.05) is 49.1 Å². The number of anilines is 1. The lowest BCUT2D eigenvalue weighted by atomic mass is 9.89. The lowest BCUT2D eigenvalue weighted by Crippen LogP contribution is -2.44. The van der Waals surface area contributed by atoms with Gasteiger partial charge in [-0.2, -0.15) is 5.26 Å². The van der Waals surface area contributed by atoms with Gasteiger partial charge in [0, 0.05) is 36.9 Å². The molecule has 0 bridgehead atoms. The SMILES string of the molecule is CCCN(C(=O)Nc1cc(C(=O)N2CCC(c3ccc(C#N)cc3)CC2)ccc1C)C1CCS(=O)(=O)C1. The number of aryl methyl sites for hydroxylation is 1. The first-order valence-electron chi connectivity index (χ1n) is 12.9. The highest BCUT2D eigenvalue weighted by Crippen LogP contribution is 2.29. The molecule has 2 saturated heterocycles. The van der Waals surface area contributed by atoms with Gasteiger partial charge in [0.25, 0.3) is 5.91 Å². The van der Waals surface area contributed by atoms with Gasteiger partial charge in [-0.15, -0.1) is 0 Å². The first kappa shape index (κ1) is 26.7. The summed E-state index contributed by atoms with van der Waals surface area (Å²) in [4.78, 5) is 29.9. The van der Waals surface area contributed by atoms with Crippen molar-refractivity contribution in [2.24, 2.45) is 0 Å². The van der Waals surface area contributed by atoms with E-state index in [2.05, 4.69) is 11.4 Å². The number of carbonyl (C=O) groups is 2. The van der Waals surface area contributed by atoms with Crippen molar-refractivity contribution in [2.45, 2.75) is 51.5 Å². The van der Waals surface area contributed by atoms with Crippen LogP contribution in [0.15, 0.2) is 42.5 Å². The van der Waals surface area contributed by atoms with Crippen LogP contribution in [0.3, 0.4) is 0 Å². The molecule has 2 aromatic carbocycles. The zero-order valence-electron chi connectivity index (χ0n) is 21.4. The molecule has 2 heterocycles. The van der Waals surface area contributed by atoms with Crippen molar-refractivity contribution in [1.82, 2.24) is 9.80 Å². The molecule has 1 N–H and O–H groups in total. The molecule has 0 aliphatic carbocycles. The summed E-state index contributed by atoms with van der Waals surface area (Å²) in [6.45, 7) is 5.58. The number of rotatable bonds is 6. The lowest BCUT2D eigenvalue weighted by Gasteiger charge is -2.32. The Morgan fingerprint density at radius 1 is 1.11 bits per heavy atom. The number of sulfone groups is 1. The highest BCUT2D eigenvalue weighted by molar-refractivity contribution is 7.91. The molecule has 1 unspecified atom stereocenters. The molecule has 8 nitrogen and oxygen atoms in total.